The van der Waals surface area contributed by atoms with Crippen molar-refractivity contribution in [2.75, 3.05) is 13.2 Å². The Morgan fingerprint density at radius 3 is 2.33 bits per heavy atom. The van der Waals surface area contributed by atoms with Crippen LogP contribution in [0.3, 0.4) is 0 Å². The van der Waals surface area contributed by atoms with E-state index in [1.165, 1.54) is 0 Å². The number of morpholine rings is 1. The molecule has 0 aromatic heterocycles. The quantitative estimate of drug-likeness (QED) is 0.597. The molecule has 2 bridgehead atoms. The summed E-state index contributed by atoms with van der Waals surface area (Å²) >= 11 is 0. The van der Waals surface area contributed by atoms with Gasteiger partial charge in [-0.25, -0.2) is 9.18 Å². The number of piperidine rings is 1. The molecule has 1 amide bonds. The molecule has 2 fully saturated rings. The van der Waals surface area contributed by atoms with E-state index in [9.17, 15) is 27.2 Å². The third-order valence-corrected chi connectivity index (χ3v) is 6.13. The first-order valence-electron chi connectivity index (χ1n) is 10.7. The highest BCUT2D eigenvalue weighted by atomic mass is 19.4. The number of Topliss-reactive ketones (excluding diaryl/α,β-unsaturated/α-hetero) is 1. The van der Waals surface area contributed by atoms with Crippen LogP contribution in [0.15, 0.2) is 48.5 Å². The van der Waals surface area contributed by atoms with E-state index < -0.39 is 53.9 Å². The number of halogens is 4. The maximum Gasteiger partial charge on any atom is 0.416 e. The summed E-state index contributed by atoms with van der Waals surface area (Å²) in [5.74, 6) is -1.78. The highest BCUT2D eigenvalue weighted by Crippen LogP contribution is 2.36. The molecule has 2 aliphatic rings. The van der Waals surface area contributed by atoms with Crippen molar-refractivity contribution >= 4 is 11.9 Å². The molecule has 33 heavy (non-hydrogen) atoms. The lowest BCUT2D eigenvalue weighted by Crippen LogP contribution is -2.60. The van der Waals surface area contributed by atoms with Crippen LogP contribution in [0.2, 0.25) is 0 Å². The van der Waals surface area contributed by atoms with Crippen molar-refractivity contribution in [3.63, 3.8) is 0 Å². The molecule has 2 aliphatic heterocycles. The van der Waals surface area contributed by atoms with Gasteiger partial charge in [0.2, 0.25) is 0 Å². The fourth-order valence-corrected chi connectivity index (χ4v) is 4.59. The van der Waals surface area contributed by atoms with Gasteiger partial charge in [0.1, 0.15) is 18.2 Å². The second-order valence-corrected chi connectivity index (χ2v) is 8.40. The Morgan fingerprint density at radius 2 is 1.70 bits per heavy atom. The number of fused-ring (bicyclic) bond motifs is 2. The molecule has 9 heteroatoms. The highest BCUT2D eigenvalue weighted by molar-refractivity contribution is 5.84. The minimum absolute atomic E-state index is 0.110. The van der Waals surface area contributed by atoms with Gasteiger partial charge in [-0.05, 0) is 42.2 Å². The van der Waals surface area contributed by atoms with Gasteiger partial charge in [-0.3, -0.25) is 9.69 Å². The zero-order valence-corrected chi connectivity index (χ0v) is 17.7. The topological polar surface area (TPSA) is 55.8 Å². The minimum Gasteiger partial charge on any atom is -0.445 e. The van der Waals surface area contributed by atoms with Crippen molar-refractivity contribution in [1.29, 1.82) is 0 Å². The summed E-state index contributed by atoms with van der Waals surface area (Å²) < 4.78 is 64.4. The van der Waals surface area contributed by atoms with Crippen LogP contribution in [0.25, 0.3) is 0 Å². The van der Waals surface area contributed by atoms with Crippen molar-refractivity contribution in [1.82, 2.24) is 4.90 Å². The molecule has 4 rings (SSSR count). The minimum atomic E-state index is -4.68. The fraction of sp³-hybridized carbons (Fsp3) is 0.417. The second kappa shape index (κ2) is 9.51. The van der Waals surface area contributed by atoms with Crippen molar-refractivity contribution in [3.05, 3.63) is 71.0 Å². The van der Waals surface area contributed by atoms with E-state index >= 15 is 0 Å². The number of carbonyl (C=O) groups excluding carboxylic acids is 2. The summed E-state index contributed by atoms with van der Waals surface area (Å²) in [6, 6.07) is 10.5. The number of rotatable bonds is 5. The highest BCUT2D eigenvalue weighted by Gasteiger charge is 2.44. The van der Waals surface area contributed by atoms with Crippen LogP contribution in [0.5, 0.6) is 0 Å². The second-order valence-electron chi connectivity index (χ2n) is 8.40. The summed E-state index contributed by atoms with van der Waals surface area (Å²) in [7, 11) is 0. The van der Waals surface area contributed by atoms with Crippen LogP contribution in [-0.4, -0.2) is 42.1 Å². The van der Waals surface area contributed by atoms with Gasteiger partial charge in [0.25, 0.3) is 0 Å². The first-order valence-corrected chi connectivity index (χ1v) is 10.7. The summed E-state index contributed by atoms with van der Waals surface area (Å²) in [5.41, 5.74) is -0.547. The summed E-state index contributed by atoms with van der Waals surface area (Å²) in [6.07, 6.45) is -5.19. The van der Waals surface area contributed by atoms with E-state index in [0.29, 0.717) is 6.07 Å². The van der Waals surface area contributed by atoms with E-state index in [4.69, 9.17) is 9.47 Å². The number of carbonyl (C=O) groups is 2. The van der Waals surface area contributed by atoms with E-state index in [0.717, 1.165) is 17.7 Å². The lowest BCUT2D eigenvalue weighted by atomic mass is 9.81. The molecule has 176 valence electrons. The third-order valence-electron chi connectivity index (χ3n) is 6.13. The Balaban J connectivity index is 1.43. The number of nitrogens with zero attached hydrogens (tertiary/aromatic N) is 1. The molecular weight excluding hydrogens is 442 g/mol. The van der Waals surface area contributed by atoms with Gasteiger partial charge in [-0.15, -0.1) is 0 Å². The third kappa shape index (κ3) is 5.35. The molecule has 2 atom stereocenters. The monoisotopic (exact) mass is 465 g/mol. The number of ether oxygens (including phenoxy) is 2. The molecule has 0 spiro atoms. The van der Waals surface area contributed by atoms with Gasteiger partial charge in [0, 0.05) is 12.3 Å². The van der Waals surface area contributed by atoms with Gasteiger partial charge in [-0.1, -0.05) is 30.3 Å². The largest absolute Gasteiger partial charge is 0.445 e. The lowest BCUT2D eigenvalue weighted by molar-refractivity contribution is -0.138. The standard InChI is InChI=1S/C24H23F4NO4/c25-18-6-7-21(24(26,27)28)16(8-18)11-22(30)17-9-19-13-32-14-20(10-17)29(19)23(31)33-12-15-4-2-1-3-5-15/h1-8,17,19-20H,9-14H2. The molecule has 2 heterocycles. The van der Waals surface area contributed by atoms with Crippen molar-refractivity contribution in [3.8, 4) is 0 Å². The van der Waals surface area contributed by atoms with E-state index in [1.807, 2.05) is 30.3 Å². The van der Waals surface area contributed by atoms with E-state index in [1.54, 1.807) is 4.90 Å². The van der Waals surface area contributed by atoms with Gasteiger partial charge >= 0.3 is 12.3 Å². The molecule has 2 aromatic rings. The first-order chi connectivity index (χ1) is 15.7. The predicted molar refractivity (Wildman–Crippen MR) is 110 cm³/mol. The number of benzene rings is 2. The number of hydrogen-bond acceptors (Lipinski definition) is 4. The number of amides is 1. The molecular formula is C24H23F4NO4. The average Bonchev–Trinajstić information content (AvgIpc) is 2.76. The van der Waals surface area contributed by atoms with Crippen LogP contribution >= 0.6 is 0 Å². The summed E-state index contributed by atoms with van der Waals surface area (Å²) in [6.45, 7) is 0.543. The summed E-state index contributed by atoms with van der Waals surface area (Å²) in [4.78, 5) is 27.2. The Hall–Kier alpha value is -2.94. The van der Waals surface area contributed by atoms with Crippen LogP contribution in [-0.2, 0) is 33.5 Å². The van der Waals surface area contributed by atoms with Crippen molar-refractivity contribution < 1.29 is 36.6 Å². The first kappa shape index (κ1) is 23.2. The number of alkyl halides is 3. The smallest absolute Gasteiger partial charge is 0.416 e. The van der Waals surface area contributed by atoms with Crippen molar-refractivity contribution in [2.45, 2.75) is 44.1 Å². The van der Waals surface area contributed by atoms with E-state index in [-0.39, 0.29) is 38.2 Å². The fourth-order valence-electron chi connectivity index (χ4n) is 4.59. The molecule has 2 unspecified atom stereocenters. The van der Waals surface area contributed by atoms with Crippen LogP contribution in [0, 0.1) is 11.7 Å². The van der Waals surface area contributed by atoms with Gasteiger partial charge < -0.3 is 9.47 Å². The zero-order chi connectivity index (χ0) is 23.6. The molecule has 5 nitrogen and oxygen atoms in total. The van der Waals surface area contributed by atoms with Crippen molar-refractivity contribution in [2.24, 2.45) is 5.92 Å². The molecule has 2 aromatic carbocycles. The van der Waals surface area contributed by atoms with E-state index in [2.05, 4.69) is 0 Å². The van der Waals surface area contributed by atoms with Gasteiger partial charge in [0.05, 0.1) is 30.9 Å². The lowest BCUT2D eigenvalue weighted by Gasteiger charge is -2.47. The average molecular weight is 465 g/mol. The normalized spacial score (nSPS) is 22.7. The zero-order valence-electron chi connectivity index (χ0n) is 17.7. The Kier molecular flexibility index (Phi) is 6.69. The SMILES string of the molecule is O=C(Cc1cc(F)ccc1C(F)(F)F)C1CC2COCC(C1)N2C(=O)OCc1ccccc1. The Bertz CT molecular complexity index is 997. The maximum absolute atomic E-state index is 13.6. The number of ketones is 1. The Morgan fingerprint density at radius 1 is 1.03 bits per heavy atom. The van der Waals surface area contributed by atoms with Crippen LogP contribution < -0.4 is 0 Å². The van der Waals surface area contributed by atoms with Crippen LogP contribution in [0.4, 0.5) is 22.4 Å². The Labute approximate surface area is 188 Å². The molecule has 0 N–H and O–H groups in total. The summed E-state index contributed by atoms with van der Waals surface area (Å²) in [5, 5.41) is 0. The molecule has 0 radical (unpaired) electrons. The number of hydrogen-bond donors (Lipinski definition) is 0. The molecule has 0 saturated carbocycles. The van der Waals surface area contributed by atoms with Gasteiger partial charge in [-0.2, -0.15) is 13.2 Å². The maximum atomic E-state index is 13.6. The van der Waals surface area contributed by atoms with Crippen LogP contribution in [0.1, 0.15) is 29.5 Å². The molecule has 2 saturated heterocycles. The predicted octanol–water partition coefficient (Wildman–Crippen LogP) is 4.77. The molecule has 0 aliphatic carbocycles. The van der Waals surface area contributed by atoms with Gasteiger partial charge in [0.15, 0.2) is 0 Å².